The van der Waals surface area contributed by atoms with E-state index in [1.165, 1.54) is 0 Å². The van der Waals surface area contributed by atoms with Crippen LogP contribution in [0.15, 0.2) is 12.2 Å². The summed E-state index contributed by atoms with van der Waals surface area (Å²) in [6.07, 6.45) is 1.79. The molecule has 84 valence electrons. The SMILES string of the molecule is C=C(C)C(=O)NC1CCN(B(C)O)CC1. The Morgan fingerprint density at radius 1 is 1.53 bits per heavy atom. The Bertz CT molecular complexity index is 248. The van der Waals surface area contributed by atoms with Crippen LogP contribution in [0.1, 0.15) is 19.8 Å². The molecule has 0 saturated carbocycles. The van der Waals surface area contributed by atoms with Crippen molar-refractivity contribution < 1.29 is 9.82 Å². The Morgan fingerprint density at radius 2 is 2.07 bits per heavy atom. The fraction of sp³-hybridized carbons (Fsp3) is 0.700. The first kappa shape index (κ1) is 12.3. The van der Waals surface area contributed by atoms with Crippen LogP contribution in [0, 0.1) is 0 Å². The second-order valence-electron chi connectivity index (χ2n) is 4.20. The van der Waals surface area contributed by atoms with Crippen LogP contribution in [0.4, 0.5) is 0 Å². The second-order valence-corrected chi connectivity index (χ2v) is 4.20. The van der Waals surface area contributed by atoms with Gasteiger partial charge in [0.25, 0.3) is 0 Å². The van der Waals surface area contributed by atoms with E-state index in [1.807, 2.05) is 4.81 Å². The molecule has 1 heterocycles. The van der Waals surface area contributed by atoms with E-state index in [9.17, 15) is 9.82 Å². The van der Waals surface area contributed by atoms with Gasteiger partial charge in [0.05, 0.1) is 0 Å². The number of piperidine rings is 1. The van der Waals surface area contributed by atoms with Crippen LogP contribution in [0.2, 0.25) is 6.82 Å². The number of nitrogens with one attached hydrogen (secondary N) is 1. The Morgan fingerprint density at radius 3 is 2.47 bits per heavy atom. The molecule has 0 unspecified atom stereocenters. The summed E-state index contributed by atoms with van der Waals surface area (Å²) in [5, 5.41) is 12.3. The summed E-state index contributed by atoms with van der Waals surface area (Å²) in [4.78, 5) is 13.4. The summed E-state index contributed by atoms with van der Waals surface area (Å²) in [7, 11) is -0.386. The molecule has 0 atom stereocenters. The predicted octanol–water partition coefficient (Wildman–Crippen LogP) is 0.253. The molecule has 1 aliphatic rings. The highest BCUT2D eigenvalue weighted by Crippen LogP contribution is 2.11. The first-order valence-electron chi connectivity index (χ1n) is 5.39. The molecule has 1 rings (SSSR count). The van der Waals surface area contributed by atoms with Crippen LogP contribution >= 0.6 is 0 Å². The smallest absolute Gasteiger partial charge is 0.376 e. The molecule has 2 N–H and O–H groups in total. The lowest BCUT2D eigenvalue weighted by Crippen LogP contribution is -2.49. The Kier molecular flexibility index (Phi) is 4.35. The van der Waals surface area contributed by atoms with Crippen LogP contribution in [0.25, 0.3) is 0 Å². The summed E-state index contributed by atoms with van der Waals surface area (Å²) in [6, 6.07) is 0.226. The lowest BCUT2D eigenvalue weighted by atomic mass is 9.82. The minimum Gasteiger partial charge on any atom is -0.437 e. The van der Waals surface area contributed by atoms with E-state index in [0.717, 1.165) is 25.9 Å². The van der Waals surface area contributed by atoms with Crippen molar-refractivity contribution in [2.75, 3.05) is 13.1 Å². The molecule has 0 aliphatic carbocycles. The van der Waals surface area contributed by atoms with Gasteiger partial charge in [0.15, 0.2) is 0 Å². The molecular weight excluding hydrogens is 191 g/mol. The lowest BCUT2D eigenvalue weighted by Gasteiger charge is -2.32. The molecule has 1 amide bonds. The zero-order chi connectivity index (χ0) is 11.4. The number of carbonyl (C=O) groups excluding carboxylic acids is 1. The van der Waals surface area contributed by atoms with Crippen molar-refractivity contribution in [1.82, 2.24) is 10.1 Å². The first-order valence-corrected chi connectivity index (χ1v) is 5.39. The Hall–Kier alpha value is -0.805. The summed E-state index contributed by atoms with van der Waals surface area (Å²) < 4.78 is 0. The number of carbonyl (C=O) groups is 1. The molecular formula is C10H19BN2O2. The number of amides is 1. The van der Waals surface area contributed by atoms with E-state index < -0.39 is 0 Å². The number of hydrogen-bond donors (Lipinski definition) is 2. The minimum atomic E-state index is -0.386. The second kappa shape index (κ2) is 5.33. The van der Waals surface area contributed by atoms with Gasteiger partial charge >= 0.3 is 7.05 Å². The third-order valence-corrected chi connectivity index (χ3v) is 2.78. The molecule has 0 spiro atoms. The quantitative estimate of drug-likeness (QED) is 0.518. The van der Waals surface area contributed by atoms with Crippen molar-refractivity contribution in [3.8, 4) is 0 Å². The molecule has 1 saturated heterocycles. The highest BCUT2D eigenvalue weighted by atomic mass is 16.2. The van der Waals surface area contributed by atoms with Gasteiger partial charge in [-0.3, -0.25) is 4.79 Å². The van der Waals surface area contributed by atoms with Gasteiger partial charge < -0.3 is 15.2 Å². The average molecular weight is 210 g/mol. The molecule has 4 nitrogen and oxygen atoms in total. The predicted molar refractivity (Wildman–Crippen MR) is 61.4 cm³/mol. The maximum Gasteiger partial charge on any atom is 0.376 e. The summed E-state index contributed by atoms with van der Waals surface area (Å²) >= 11 is 0. The molecule has 1 aliphatic heterocycles. The van der Waals surface area contributed by atoms with Crippen molar-refractivity contribution in [3.63, 3.8) is 0 Å². The van der Waals surface area contributed by atoms with Crippen LogP contribution in [-0.2, 0) is 4.79 Å². The largest absolute Gasteiger partial charge is 0.437 e. The molecule has 5 heteroatoms. The third-order valence-electron chi connectivity index (χ3n) is 2.78. The van der Waals surface area contributed by atoms with Crippen molar-refractivity contribution in [3.05, 3.63) is 12.2 Å². The van der Waals surface area contributed by atoms with Gasteiger partial charge in [-0.2, -0.15) is 0 Å². The molecule has 0 radical (unpaired) electrons. The molecule has 0 aromatic carbocycles. The molecule has 0 aromatic heterocycles. The number of nitrogens with zero attached hydrogens (tertiary/aromatic N) is 1. The van der Waals surface area contributed by atoms with Gasteiger partial charge in [0, 0.05) is 11.6 Å². The van der Waals surface area contributed by atoms with Crippen molar-refractivity contribution in [2.24, 2.45) is 0 Å². The number of rotatable bonds is 3. The standard InChI is InChI=1S/C10H19BN2O2/c1-8(2)10(14)12-9-4-6-13(7-5-9)11(3)15/h9,15H,1,4-7H2,2-3H3,(H,12,14). The van der Waals surface area contributed by atoms with Gasteiger partial charge in [0.2, 0.25) is 5.91 Å². The lowest BCUT2D eigenvalue weighted by molar-refractivity contribution is -0.118. The summed E-state index contributed by atoms with van der Waals surface area (Å²) in [6.45, 7) is 8.74. The van der Waals surface area contributed by atoms with Gasteiger partial charge in [-0.15, -0.1) is 0 Å². The molecule has 0 aromatic rings. The van der Waals surface area contributed by atoms with Crippen molar-refractivity contribution in [2.45, 2.75) is 32.6 Å². The van der Waals surface area contributed by atoms with E-state index in [4.69, 9.17) is 0 Å². The average Bonchev–Trinajstić information content (AvgIpc) is 2.18. The van der Waals surface area contributed by atoms with Crippen LogP contribution < -0.4 is 5.32 Å². The highest BCUT2D eigenvalue weighted by molar-refractivity contribution is 6.45. The van der Waals surface area contributed by atoms with E-state index >= 15 is 0 Å². The van der Waals surface area contributed by atoms with E-state index in [1.54, 1.807) is 13.7 Å². The molecule has 0 bridgehead atoms. The van der Waals surface area contributed by atoms with Crippen LogP contribution in [-0.4, -0.2) is 41.9 Å². The van der Waals surface area contributed by atoms with E-state index in [2.05, 4.69) is 11.9 Å². The third kappa shape index (κ3) is 3.68. The maximum atomic E-state index is 11.4. The highest BCUT2D eigenvalue weighted by Gasteiger charge is 2.24. The zero-order valence-corrected chi connectivity index (χ0v) is 9.49. The van der Waals surface area contributed by atoms with Crippen molar-refractivity contribution in [1.29, 1.82) is 0 Å². The summed E-state index contributed by atoms with van der Waals surface area (Å²) in [5.74, 6) is -0.0644. The number of hydrogen-bond acceptors (Lipinski definition) is 3. The Balaban J connectivity index is 2.32. The van der Waals surface area contributed by atoms with Gasteiger partial charge in [-0.25, -0.2) is 0 Å². The van der Waals surface area contributed by atoms with Gasteiger partial charge in [-0.05, 0) is 39.7 Å². The Labute approximate surface area is 91.5 Å². The summed E-state index contributed by atoms with van der Waals surface area (Å²) in [5.41, 5.74) is 0.549. The topological polar surface area (TPSA) is 52.6 Å². The van der Waals surface area contributed by atoms with Crippen LogP contribution in [0.3, 0.4) is 0 Å². The zero-order valence-electron chi connectivity index (χ0n) is 9.49. The maximum absolute atomic E-state index is 11.4. The fourth-order valence-corrected chi connectivity index (χ4v) is 1.73. The molecule has 1 fully saturated rings. The van der Waals surface area contributed by atoms with Crippen LogP contribution in [0.5, 0.6) is 0 Å². The minimum absolute atomic E-state index is 0.0644. The normalized spacial score (nSPS) is 18.6. The van der Waals surface area contributed by atoms with E-state index in [0.29, 0.717) is 5.57 Å². The van der Waals surface area contributed by atoms with Gasteiger partial charge in [0.1, 0.15) is 0 Å². The van der Waals surface area contributed by atoms with E-state index in [-0.39, 0.29) is 19.0 Å². The fourth-order valence-electron chi connectivity index (χ4n) is 1.73. The monoisotopic (exact) mass is 210 g/mol. The molecule has 15 heavy (non-hydrogen) atoms. The van der Waals surface area contributed by atoms with Crippen molar-refractivity contribution >= 4 is 13.0 Å². The first-order chi connectivity index (χ1) is 7.00. The van der Waals surface area contributed by atoms with Gasteiger partial charge in [-0.1, -0.05) is 6.58 Å².